The van der Waals surface area contributed by atoms with Crippen LogP contribution >= 0.6 is 0 Å². The molecule has 1 aromatic heterocycles. The van der Waals surface area contributed by atoms with E-state index < -0.39 is 0 Å². The van der Waals surface area contributed by atoms with Crippen LogP contribution in [0.15, 0.2) is 46.7 Å². The minimum atomic E-state index is -0.0186. The Labute approximate surface area is 118 Å². The maximum absolute atomic E-state index is 12.2. The van der Waals surface area contributed by atoms with Crippen molar-refractivity contribution in [3.63, 3.8) is 0 Å². The van der Waals surface area contributed by atoms with E-state index in [0.29, 0.717) is 35.3 Å². The lowest BCUT2D eigenvalue weighted by Gasteiger charge is -2.18. The van der Waals surface area contributed by atoms with Gasteiger partial charge in [0.1, 0.15) is 5.82 Å². The standard InChI is InChI=1S/C16H18N2O2/c1-10-11(2)16(20)13(12(3)15(10)19)7-9-18-14-6-4-5-8-17-14/h4-6,8H,7,9H2,1-3H3,(H,17,18). The Morgan fingerprint density at radius 3 is 2.35 bits per heavy atom. The summed E-state index contributed by atoms with van der Waals surface area (Å²) in [7, 11) is 0. The number of Topliss-reactive ketones (excluding diaryl/α,β-unsaturated/α-hetero) is 2. The van der Waals surface area contributed by atoms with Gasteiger partial charge in [0.05, 0.1) is 0 Å². The van der Waals surface area contributed by atoms with Gasteiger partial charge in [-0.25, -0.2) is 4.98 Å². The van der Waals surface area contributed by atoms with Crippen molar-refractivity contribution in [3.8, 4) is 0 Å². The number of hydrogen-bond donors (Lipinski definition) is 1. The number of hydrogen-bond acceptors (Lipinski definition) is 4. The molecule has 0 bridgehead atoms. The van der Waals surface area contributed by atoms with Gasteiger partial charge < -0.3 is 5.32 Å². The molecule has 1 N–H and O–H groups in total. The fraction of sp³-hybridized carbons (Fsp3) is 0.312. The number of allylic oxidation sites excluding steroid dienone is 3. The molecule has 0 saturated carbocycles. The molecule has 0 radical (unpaired) electrons. The summed E-state index contributed by atoms with van der Waals surface area (Å²) in [5.41, 5.74) is 2.31. The summed E-state index contributed by atoms with van der Waals surface area (Å²) in [6.45, 7) is 5.73. The summed E-state index contributed by atoms with van der Waals surface area (Å²) in [6, 6.07) is 5.61. The molecule has 0 amide bonds. The average molecular weight is 270 g/mol. The molecule has 20 heavy (non-hydrogen) atoms. The molecule has 0 spiro atoms. The van der Waals surface area contributed by atoms with Crippen molar-refractivity contribution in [3.05, 3.63) is 46.7 Å². The number of pyridine rings is 1. The number of aromatic nitrogens is 1. The first-order valence-electron chi connectivity index (χ1n) is 6.64. The lowest BCUT2D eigenvalue weighted by molar-refractivity contribution is -0.116. The van der Waals surface area contributed by atoms with Crippen molar-refractivity contribution in [2.75, 3.05) is 11.9 Å². The van der Waals surface area contributed by atoms with E-state index in [0.717, 1.165) is 5.82 Å². The number of carbonyl (C=O) groups excluding carboxylic acids is 2. The van der Waals surface area contributed by atoms with Gasteiger partial charge >= 0.3 is 0 Å². The Morgan fingerprint density at radius 2 is 1.70 bits per heavy atom. The molecule has 0 unspecified atom stereocenters. The highest BCUT2D eigenvalue weighted by molar-refractivity contribution is 6.24. The summed E-state index contributed by atoms with van der Waals surface area (Å²) in [6.07, 6.45) is 2.23. The minimum absolute atomic E-state index is 0.0116. The summed E-state index contributed by atoms with van der Waals surface area (Å²) in [5.74, 6) is 0.737. The van der Waals surface area contributed by atoms with E-state index in [2.05, 4.69) is 10.3 Å². The molecular weight excluding hydrogens is 252 g/mol. The Balaban J connectivity index is 2.06. The van der Waals surface area contributed by atoms with E-state index in [1.165, 1.54) is 0 Å². The van der Waals surface area contributed by atoms with Crippen LogP contribution in [0.25, 0.3) is 0 Å². The summed E-state index contributed by atoms with van der Waals surface area (Å²) >= 11 is 0. The largest absolute Gasteiger partial charge is 0.370 e. The summed E-state index contributed by atoms with van der Waals surface area (Å²) < 4.78 is 0. The van der Waals surface area contributed by atoms with Crippen LogP contribution in [-0.2, 0) is 9.59 Å². The molecule has 0 saturated heterocycles. The van der Waals surface area contributed by atoms with Gasteiger partial charge in [-0.1, -0.05) is 6.07 Å². The maximum atomic E-state index is 12.2. The Bertz CT molecular complexity index is 613. The molecule has 0 aliphatic heterocycles. The van der Waals surface area contributed by atoms with Gasteiger partial charge in [-0.3, -0.25) is 9.59 Å². The molecule has 0 fully saturated rings. The topological polar surface area (TPSA) is 59.1 Å². The molecule has 1 aliphatic carbocycles. The first kappa shape index (κ1) is 14.2. The second-order valence-electron chi connectivity index (χ2n) is 4.90. The predicted molar refractivity (Wildman–Crippen MR) is 78.4 cm³/mol. The van der Waals surface area contributed by atoms with Crippen LogP contribution in [0.5, 0.6) is 0 Å². The number of carbonyl (C=O) groups is 2. The molecule has 4 nitrogen and oxygen atoms in total. The molecule has 0 aromatic carbocycles. The van der Waals surface area contributed by atoms with Crippen LogP contribution in [0.2, 0.25) is 0 Å². The van der Waals surface area contributed by atoms with Gasteiger partial charge in [0.25, 0.3) is 0 Å². The van der Waals surface area contributed by atoms with E-state index in [4.69, 9.17) is 0 Å². The van der Waals surface area contributed by atoms with Crippen molar-refractivity contribution in [1.29, 1.82) is 0 Å². The Hall–Kier alpha value is -2.23. The van der Waals surface area contributed by atoms with Crippen molar-refractivity contribution in [2.45, 2.75) is 27.2 Å². The van der Waals surface area contributed by atoms with Crippen LogP contribution in [0, 0.1) is 0 Å². The van der Waals surface area contributed by atoms with Gasteiger partial charge in [0.15, 0.2) is 11.6 Å². The van der Waals surface area contributed by atoms with Crippen LogP contribution in [0.1, 0.15) is 27.2 Å². The van der Waals surface area contributed by atoms with Crippen molar-refractivity contribution in [1.82, 2.24) is 4.98 Å². The van der Waals surface area contributed by atoms with Gasteiger partial charge in [0, 0.05) is 35.0 Å². The molecule has 104 valence electrons. The van der Waals surface area contributed by atoms with Crippen molar-refractivity contribution < 1.29 is 9.59 Å². The predicted octanol–water partition coefficient (Wildman–Crippen LogP) is 2.69. The highest BCUT2D eigenvalue weighted by Gasteiger charge is 2.27. The van der Waals surface area contributed by atoms with E-state index in [1.807, 2.05) is 18.2 Å². The van der Waals surface area contributed by atoms with Gasteiger partial charge in [0.2, 0.25) is 0 Å². The third kappa shape index (κ3) is 2.69. The Morgan fingerprint density at radius 1 is 1.00 bits per heavy atom. The zero-order valence-corrected chi connectivity index (χ0v) is 12.0. The lowest BCUT2D eigenvalue weighted by Crippen LogP contribution is -2.22. The number of nitrogens with one attached hydrogen (secondary N) is 1. The molecule has 1 heterocycles. The van der Waals surface area contributed by atoms with Crippen LogP contribution < -0.4 is 5.32 Å². The average Bonchev–Trinajstić information content (AvgIpc) is 2.48. The second kappa shape index (κ2) is 5.82. The zero-order valence-electron chi connectivity index (χ0n) is 12.0. The monoisotopic (exact) mass is 270 g/mol. The SMILES string of the molecule is CC1=C(C)C(=O)C(CCNc2ccccn2)=C(C)C1=O. The van der Waals surface area contributed by atoms with Crippen LogP contribution in [0.4, 0.5) is 5.82 Å². The highest BCUT2D eigenvalue weighted by Crippen LogP contribution is 2.25. The van der Waals surface area contributed by atoms with Crippen molar-refractivity contribution >= 4 is 17.4 Å². The fourth-order valence-electron chi connectivity index (χ4n) is 2.24. The zero-order chi connectivity index (χ0) is 14.7. The third-order valence-corrected chi connectivity index (χ3v) is 3.66. The summed E-state index contributed by atoms with van der Waals surface area (Å²) in [4.78, 5) is 28.4. The minimum Gasteiger partial charge on any atom is -0.370 e. The van der Waals surface area contributed by atoms with Gasteiger partial charge in [-0.15, -0.1) is 0 Å². The molecule has 0 atom stereocenters. The summed E-state index contributed by atoms with van der Waals surface area (Å²) in [5, 5.41) is 3.15. The van der Waals surface area contributed by atoms with Gasteiger partial charge in [-0.2, -0.15) is 0 Å². The van der Waals surface area contributed by atoms with E-state index in [1.54, 1.807) is 27.0 Å². The maximum Gasteiger partial charge on any atom is 0.185 e. The van der Waals surface area contributed by atoms with Crippen LogP contribution in [-0.4, -0.2) is 23.1 Å². The normalized spacial score (nSPS) is 15.9. The molecule has 1 aromatic rings. The number of anilines is 1. The first-order chi connectivity index (χ1) is 9.52. The smallest absolute Gasteiger partial charge is 0.185 e. The molecule has 4 heteroatoms. The lowest BCUT2D eigenvalue weighted by atomic mass is 9.84. The fourth-order valence-corrected chi connectivity index (χ4v) is 2.24. The van der Waals surface area contributed by atoms with Gasteiger partial charge in [-0.05, 0) is 39.3 Å². The number of rotatable bonds is 4. The first-order valence-corrected chi connectivity index (χ1v) is 6.64. The Kier molecular flexibility index (Phi) is 4.13. The second-order valence-corrected chi connectivity index (χ2v) is 4.90. The molecule has 1 aliphatic rings. The highest BCUT2D eigenvalue weighted by atomic mass is 16.1. The number of nitrogens with zero attached hydrogens (tertiary/aromatic N) is 1. The van der Waals surface area contributed by atoms with E-state index in [-0.39, 0.29) is 11.6 Å². The van der Waals surface area contributed by atoms with Crippen molar-refractivity contribution in [2.24, 2.45) is 0 Å². The molecular formula is C16H18N2O2. The van der Waals surface area contributed by atoms with E-state index in [9.17, 15) is 9.59 Å². The number of ketones is 2. The molecule has 2 rings (SSSR count). The van der Waals surface area contributed by atoms with E-state index >= 15 is 0 Å². The third-order valence-electron chi connectivity index (χ3n) is 3.66. The quantitative estimate of drug-likeness (QED) is 0.855. The van der Waals surface area contributed by atoms with Crippen LogP contribution in [0.3, 0.4) is 0 Å².